The molecule has 1 aromatic heterocycles. The summed E-state index contributed by atoms with van der Waals surface area (Å²) in [5, 5.41) is 2.98. The van der Waals surface area contributed by atoms with E-state index < -0.39 is 0 Å². The smallest absolute Gasteiger partial charge is 0.287 e. The van der Waals surface area contributed by atoms with Gasteiger partial charge in [-0.25, -0.2) is 0 Å². The summed E-state index contributed by atoms with van der Waals surface area (Å²) in [6, 6.07) is 12.6. The van der Waals surface area contributed by atoms with Crippen LogP contribution >= 0.6 is 15.9 Å². The van der Waals surface area contributed by atoms with E-state index in [2.05, 4.69) is 62.2 Å². The predicted molar refractivity (Wildman–Crippen MR) is 103 cm³/mol. The van der Waals surface area contributed by atoms with Crippen molar-refractivity contribution < 1.29 is 9.21 Å². The second-order valence-electron chi connectivity index (χ2n) is 6.48. The molecule has 5 nitrogen and oxygen atoms in total. The normalized spacial score (nSPS) is 16.7. The molecule has 1 amide bonds. The Morgan fingerprint density at radius 2 is 1.92 bits per heavy atom. The quantitative estimate of drug-likeness (QED) is 0.828. The first-order valence-corrected chi connectivity index (χ1v) is 9.42. The van der Waals surface area contributed by atoms with Gasteiger partial charge in [0.15, 0.2) is 10.4 Å². The average Bonchev–Trinajstić information content (AvgIpc) is 2.98. The van der Waals surface area contributed by atoms with Crippen molar-refractivity contribution in [3.63, 3.8) is 0 Å². The summed E-state index contributed by atoms with van der Waals surface area (Å²) in [5.74, 6) is 0.228. The summed E-state index contributed by atoms with van der Waals surface area (Å²) >= 11 is 3.26. The molecular formula is C19H24BrN3O2. The number of nitrogens with zero attached hydrogens (tertiary/aromatic N) is 2. The minimum Gasteiger partial charge on any atom is -0.444 e. The van der Waals surface area contributed by atoms with Gasteiger partial charge in [0, 0.05) is 50.0 Å². The Morgan fingerprint density at radius 3 is 2.52 bits per heavy atom. The van der Waals surface area contributed by atoms with Gasteiger partial charge in [0.2, 0.25) is 0 Å². The van der Waals surface area contributed by atoms with Crippen LogP contribution in [0.4, 0.5) is 5.69 Å². The summed E-state index contributed by atoms with van der Waals surface area (Å²) in [6.45, 7) is 8.65. The van der Waals surface area contributed by atoms with Crippen LogP contribution in [0, 0.1) is 6.92 Å². The molecule has 0 aliphatic carbocycles. The highest BCUT2D eigenvalue weighted by molar-refractivity contribution is 9.10. The van der Waals surface area contributed by atoms with E-state index in [0.717, 1.165) is 31.7 Å². The number of anilines is 1. The number of hydrogen-bond acceptors (Lipinski definition) is 4. The lowest BCUT2D eigenvalue weighted by molar-refractivity contribution is 0.0904. The zero-order chi connectivity index (χ0) is 17.8. The number of carbonyl (C=O) groups excluding carboxylic acids is 1. The first kappa shape index (κ1) is 18.0. The Bertz CT molecular complexity index is 709. The molecular weight excluding hydrogens is 382 g/mol. The highest BCUT2D eigenvalue weighted by Gasteiger charge is 2.22. The van der Waals surface area contributed by atoms with Gasteiger partial charge in [-0.2, -0.15) is 0 Å². The van der Waals surface area contributed by atoms with Crippen LogP contribution in [0.25, 0.3) is 0 Å². The Labute approximate surface area is 157 Å². The minimum atomic E-state index is -0.155. The molecule has 1 saturated heterocycles. The average molecular weight is 406 g/mol. The van der Waals surface area contributed by atoms with Gasteiger partial charge in [-0.1, -0.05) is 18.2 Å². The standard InChI is InChI=1S/C19H24BrN3O2/c1-14-12-17(20)25-18(14)19(24)21-13-15(2)22-8-10-23(11-9-22)16-6-4-3-5-7-16/h3-7,12,15H,8-11,13H2,1-2H3,(H,21,24). The fourth-order valence-electron chi connectivity index (χ4n) is 3.18. The first-order chi connectivity index (χ1) is 12.0. The third-order valence-corrected chi connectivity index (χ3v) is 5.10. The largest absolute Gasteiger partial charge is 0.444 e. The number of amides is 1. The second-order valence-corrected chi connectivity index (χ2v) is 7.26. The SMILES string of the molecule is Cc1cc(Br)oc1C(=O)NCC(C)N1CCN(c2ccccc2)CC1. The molecule has 0 saturated carbocycles. The number of para-hydroxylation sites is 1. The lowest BCUT2D eigenvalue weighted by Gasteiger charge is -2.39. The van der Waals surface area contributed by atoms with Crippen LogP contribution in [-0.2, 0) is 0 Å². The number of benzene rings is 1. The van der Waals surface area contributed by atoms with Gasteiger partial charge in [0.25, 0.3) is 5.91 Å². The third kappa shape index (κ3) is 4.44. The molecule has 134 valence electrons. The van der Waals surface area contributed by atoms with Crippen molar-refractivity contribution >= 4 is 27.5 Å². The number of furan rings is 1. The van der Waals surface area contributed by atoms with Crippen LogP contribution < -0.4 is 10.2 Å². The maximum atomic E-state index is 12.3. The van der Waals surface area contributed by atoms with Crippen LogP contribution in [0.15, 0.2) is 45.5 Å². The lowest BCUT2D eigenvalue weighted by atomic mass is 10.2. The van der Waals surface area contributed by atoms with E-state index in [0.29, 0.717) is 23.0 Å². The summed E-state index contributed by atoms with van der Waals surface area (Å²) in [5.41, 5.74) is 2.12. The molecule has 2 aromatic rings. The molecule has 1 aliphatic rings. The van der Waals surface area contributed by atoms with E-state index in [9.17, 15) is 4.79 Å². The minimum absolute atomic E-state index is 0.155. The van der Waals surface area contributed by atoms with Gasteiger partial charge >= 0.3 is 0 Å². The Balaban J connectivity index is 1.47. The zero-order valence-corrected chi connectivity index (χ0v) is 16.3. The van der Waals surface area contributed by atoms with E-state index in [4.69, 9.17) is 4.42 Å². The van der Waals surface area contributed by atoms with E-state index in [1.807, 2.05) is 13.0 Å². The van der Waals surface area contributed by atoms with Crippen LogP contribution in [0.3, 0.4) is 0 Å². The van der Waals surface area contributed by atoms with Crippen molar-refractivity contribution in [1.29, 1.82) is 0 Å². The number of nitrogens with one attached hydrogen (secondary N) is 1. The number of hydrogen-bond donors (Lipinski definition) is 1. The van der Waals surface area contributed by atoms with Crippen molar-refractivity contribution in [2.45, 2.75) is 19.9 Å². The fraction of sp³-hybridized carbons (Fsp3) is 0.421. The molecule has 3 rings (SSSR count). The molecule has 0 spiro atoms. The summed E-state index contributed by atoms with van der Waals surface area (Å²) in [6.07, 6.45) is 0. The molecule has 1 aliphatic heterocycles. The van der Waals surface area contributed by atoms with Crippen molar-refractivity contribution in [2.75, 3.05) is 37.6 Å². The van der Waals surface area contributed by atoms with Crippen LogP contribution in [0.2, 0.25) is 0 Å². The van der Waals surface area contributed by atoms with E-state index in [-0.39, 0.29) is 5.91 Å². The molecule has 1 aromatic carbocycles. The molecule has 1 unspecified atom stereocenters. The van der Waals surface area contributed by atoms with Crippen molar-refractivity contribution in [1.82, 2.24) is 10.2 Å². The van der Waals surface area contributed by atoms with Crippen molar-refractivity contribution in [3.05, 3.63) is 52.4 Å². The Hall–Kier alpha value is -1.79. The maximum absolute atomic E-state index is 12.3. The number of rotatable bonds is 5. The molecule has 0 radical (unpaired) electrons. The topological polar surface area (TPSA) is 48.7 Å². The van der Waals surface area contributed by atoms with Gasteiger partial charge in [0.05, 0.1) is 0 Å². The van der Waals surface area contributed by atoms with Crippen LogP contribution in [0.1, 0.15) is 23.0 Å². The lowest BCUT2D eigenvalue weighted by Crippen LogP contribution is -2.52. The molecule has 2 heterocycles. The molecule has 6 heteroatoms. The van der Waals surface area contributed by atoms with Crippen LogP contribution in [0.5, 0.6) is 0 Å². The molecule has 1 N–H and O–H groups in total. The van der Waals surface area contributed by atoms with E-state index >= 15 is 0 Å². The Kier molecular flexibility index (Phi) is 5.81. The summed E-state index contributed by atoms with van der Waals surface area (Å²) in [7, 11) is 0. The highest BCUT2D eigenvalue weighted by Crippen LogP contribution is 2.19. The number of piperazine rings is 1. The molecule has 1 atom stereocenters. The number of aryl methyl sites for hydroxylation is 1. The third-order valence-electron chi connectivity index (χ3n) is 4.71. The highest BCUT2D eigenvalue weighted by atomic mass is 79.9. The number of halogens is 1. The van der Waals surface area contributed by atoms with Crippen molar-refractivity contribution in [3.8, 4) is 0 Å². The molecule has 1 fully saturated rings. The Morgan fingerprint density at radius 1 is 1.24 bits per heavy atom. The summed E-state index contributed by atoms with van der Waals surface area (Å²) < 4.78 is 5.98. The second kappa shape index (κ2) is 8.06. The van der Waals surface area contributed by atoms with Gasteiger partial charge in [-0.3, -0.25) is 9.69 Å². The van der Waals surface area contributed by atoms with Gasteiger partial charge in [-0.05, 0) is 48.0 Å². The van der Waals surface area contributed by atoms with Crippen molar-refractivity contribution in [2.24, 2.45) is 0 Å². The number of carbonyl (C=O) groups is 1. The first-order valence-electron chi connectivity index (χ1n) is 8.63. The predicted octanol–water partition coefficient (Wildman–Crippen LogP) is 3.29. The maximum Gasteiger partial charge on any atom is 0.287 e. The van der Waals surface area contributed by atoms with Crippen LogP contribution in [-0.4, -0.2) is 49.6 Å². The monoisotopic (exact) mass is 405 g/mol. The van der Waals surface area contributed by atoms with Gasteiger partial charge in [0.1, 0.15) is 0 Å². The molecule has 25 heavy (non-hydrogen) atoms. The van der Waals surface area contributed by atoms with Gasteiger partial charge in [-0.15, -0.1) is 0 Å². The molecule has 0 bridgehead atoms. The van der Waals surface area contributed by atoms with E-state index in [1.165, 1.54) is 5.69 Å². The fourth-order valence-corrected chi connectivity index (χ4v) is 3.68. The summed E-state index contributed by atoms with van der Waals surface area (Å²) in [4.78, 5) is 17.1. The zero-order valence-electron chi connectivity index (χ0n) is 14.7. The van der Waals surface area contributed by atoms with E-state index in [1.54, 1.807) is 6.07 Å². The van der Waals surface area contributed by atoms with Gasteiger partial charge < -0.3 is 14.6 Å².